The van der Waals surface area contributed by atoms with Crippen LogP contribution in [0.2, 0.25) is 0 Å². The molecule has 1 unspecified atom stereocenters. The molecule has 0 aromatic heterocycles. The predicted molar refractivity (Wildman–Crippen MR) is 44.8 cm³/mol. The fourth-order valence-corrected chi connectivity index (χ4v) is 1.86. The van der Waals surface area contributed by atoms with Crippen LogP contribution in [-0.4, -0.2) is 24.3 Å². The average molecular weight is 172 g/mol. The molecule has 0 amide bonds. The molecule has 0 bridgehead atoms. The summed E-state index contributed by atoms with van der Waals surface area (Å²) in [6.07, 6.45) is 1.71. The van der Waals surface area contributed by atoms with Gasteiger partial charge in [-0.3, -0.25) is 0 Å². The standard InChI is InChI=1S/C9H16O3/c1-5-9(6-2)8(3,12-9)7(10)11-4/h5-6H2,1-4H3. The number of rotatable bonds is 3. The van der Waals surface area contributed by atoms with Gasteiger partial charge in [-0.15, -0.1) is 0 Å². The number of methoxy groups -OCH3 is 1. The zero-order chi connectivity index (χ0) is 9.41. The van der Waals surface area contributed by atoms with Gasteiger partial charge < -0.3 is 9.47 Å². The first kappa shape index (κ1) is 9.52. The normalized spacial score (nSPS) is 31.3. The molecule has 1 heterocycles. The van der Waals surface area contributed by atoms with E-state index in [0.717, 1.165) is 12.8 Å². The first-order chi connectivity index (χ1) is 5.56. The molecular weight excluding hydrogens is 156 g/mol. The van der Waals surface area contributed by atoms with Crippen LogP contribution in [0.3, 0.4) is 0 Å². The van der Waals surface area contributed by atoms with E-state index in [-0.39, 0.29) is 11.6 Å². The highest BCUT2D eigenvalue weighted by Crippen LogP contribution is 2.53. The molecule has 0 aromatic carbocycles. The molecule has 0 N–H and O–H groups in total. The van der Waals surface area contributed by atoms with Crippen molar-refractivity contribution in [1.82, 2.24) is 0 Å². The van der Waals surface area contributed by atoms with Gasteiger partial charge in [0.05, 0.1) is 7.11 Å². The fraction of sp³-hybridized carbons (Fsp3) is 0.889. The van der Waals surface area contributed by atoms with Crippen molar-refractivity contribution in [2.75, 3.05) is 7.11 Å². The van der Waals surface area contributed by atoms with Crippen molar-refractivity contribution >= 4 is 5.97 Å². The lowest BCUT2D eigenvalue weighted by atomic mass is 9.89. The van der Waals surface area contributed by atoms with Crippen LogP contribution >= 0.6 is 0 Å². The summed E-state index contributed by atoms with van der Waals surface area (Å²) in [5, 5.41) is 0. The molecule has 0 radical (unpaired) electrons. The highest BCUT2D eigenvalue weighted by molar-refractivity contribution is 5.84. The largest absolute Gasteiger partial charge is 0.467 e. The number of carbonyl (C=O) groups excluding carboxylic acids is 1. The molecule has 1 aliphatic heterocycles. The third-order valence-electron chi connectivity index (χ3n) is 2.94. The zero-order valence-corrected chi connectivity index (χ0v) is 8.14. The lowest BCUT2D eigenvalue weighted by Gasteiger charge is -2.10. The molecule has 3 nitrogen and oxygen atoms in total. The smallest absolute Gasteiger partial charge is 0.340 e. The second-order valence-corrected chi connectivity index (χ2v) is 3.33. The quantitative estimate of drug-likeness (QED) is 0.478. The van der Waals surface area contributed by atoms with Gasteiger partial charge in [0, 0.05) is 0 Å². The van der Waals surface area contributed by atoms with Crippen molar-refractivity contribution in [2.24, 2.45) is 0 Å². The molecule has 70 valence electrons. The van der Waals surface area contributed by atoms with Crippen LogP contribution in [0, 0.1) is 0 Å². The summed E-state index contributed by atoms with van der Waals surface area (Å²) in [4.78, 5) is 11.3. The van der Waals surface area contributed by atoms with E-state index in [1.54, 1.807) is 6.92 Å². The summed E-state index contributed by atoms with van der Waals surface area (Å²) in [5.41, 5.74) is -0.953. The molecule has 0 spiro atoms. The van der Waals surface area contributed by atoms with Crippen molar-refractivity contribution in [3.05, 3.63) is 0 Å². The van der Waals surface area contributed by atoms with Crippen molar-refractivity contribution < 1.29 is 14.3 Å². The summed E-state index contributed by atoms with van der Waals surface area (Å²) in [7, 11) is 1.39. The highest BCUT2D eigenvalue weighted by atomic mass is 16.7. The molecule has 0 aromatic rings. The average Bonchev–Trinajstić information content (AvgIpc) is 2.72. The van der Waals surface area contributed by atoms with E-state index >= 15 is 0 Å². The SMILES string of the molecule is CCC1(CC)OC1(C)C(=O)OC. The van der Waals surface area contributed by atoms with Crippen LogP contribution in [-0.2, 0) is 14.3 Å². The van der Waals surface area contributed by atoms with Gasteiger partial charge >= 0.3 is 5.97 Å². The van der Waals surface area contributed by atoms with Crippen LogP contribution in [0.1, 0.15) is 33.6 Å². The number of hydrogen-bond acceptors (Lipinski definition) is 3. The van der Waals surface area contributed by atoms with Gasteiger partial charge in [-0.2, -0.15) is 0 Å². The molecular formula is C9H16O3. The van der Waals surface area contributed by atoms with Crippen LogP contribution in [0.4, 0.5) is 0 Å². The van der Waals surface area contributed by atoms with Crippen LogP contribution in [0.5, 0.6) is 0 Å². The van der Waals surface area contributed by atoms with Crippen molar-refractivity contribution in [3.63, 3.8) is 0 Å². The molecule has 1 saturated heterocycles. The molecule has 3 heteroatoms. The number of ether oxygens (including phenoxy) is 2. The highest BCUT2D eigenvalue weighted by Gasteiger charge is 2.70. The molecule has 1 rings (SSSR count). The Bertz CT molecular complexity index is 196. The Kier molecular flexibility index (Phi) is 2.17. The van der Waals surface area contributed by atoms with Crippen molar-refractivity contribution in [3.8, 4) is 0 Å². The third kappa shape index (κ3) is 0.959. The van der Waals surface area contributed by atoms with E-state index in [1.807, 2.05) is 13.8 Å². The maximum atomic E-state index is 11.3. The fourth-order valence-electron chi connectivity index (χ4n) is 1.86. The summed E-state index contributed by atoms with van der Waals surface area (Å²) >= 11 is 0. The van der Waals surface area contributed by atoms with Gasteiger partial charge in [0.1, 0.15) is 5.60 Å². The van der Waals surface area contributed by atoms with E-state index < -0.39 is 5.60 Å². The summed E-state index contributed by atoms with van der Waals surface area (Å²) in [6.45, 7) is 5.85. The van der Waals surface area contributed by atoms with Crippen LogP contribution < -0.4 is 0 Å². The Labute approximate surface area is 73.0 Å². The molecule has 0 saturated carbocycles. The Balaban J connectivity index is 2.74. The second-order valence-electron chi connectivity index (χ2n) is 3.33. The minimum Gasteiger partial charge on any atom is -0.467 e. The van der Waals surface area contributed by atoms with E-state index in [1.165, 1.54) is 7.11 Å². The topological polar surface area (TPSA) is 38.8 Å². The maximum Gasteiger partial charge on any atom is 0.340 e. The van der Waals surface area contributed by atoms with Gasteiger partial charge in [-0.05, 0) is 19.8 Å². The first-order valence-electron chi connectivity index (χ1n) is 4.35. The monoisotopic (exact) mass is 172 g/mol. The summed E-state index contributed by atoms with van der Waals surface area (Å²) in [6, 6.07) is 0. The first-order valence-corrected chi connectivity index (χ1v) is 4.35. The Morgan fingerprint density at radius 2 is 1.92 bits per heavy atom. The predicted octanol–water partition coefficient (Wildman–Crippen LogP) is 1.51. The Morgan fingerprint density at radius 1 is 1.42 bits per heavy atom. The second kappa shape index (κ2) is 2.73. The number of carbonyl (C=O) groups is 1. The lowest BCUT2D eigenvalue weighted by Crippen LogP contribution is -2.31. The zero-order valence-electron chi connectivity index (χ0n) is 8.14. The minimum absolute atomic E-state index is 0.258. The summed E-state index contributed by atoms with van der Waals surface area (Å²) < 4.78 is 10.1. The van der Waals surface area contributed by atoms with Crippen molar-refractivity contribution in [2.45, 2.75) is 44.8 Å². The van der Waals surface area contributed by atoms with Gasteiger partial charge in [0.15, 0.2) is 5.60 Å². The molecule has 0 aliphatic carbocycles. The third-order valence-corrected chi connectivity index (χ3v) is 2.94. The van der Waals surface area contributed by atoms with Gasteiger partial charge in [0.2, 0.25) is 0 Å². The van der Waals surface area contributed by atoms with Gasteiger partial charge in [0.25, 0.3) is 0 Å². The van der Waals surface area contributed by atoms with E-state index in [9.17, 15) is 4.79 Å². The minimum atomic E-state index is -0.689. The lowest BCUT2D eigenvalue weighted by molar-refractivity contribution is -0.146. The number of esters is 1. The molecule has 1 aliphatic rings. The Morgan fingerprint density at radius 3 is 2.17 bits per heavy atom. The molecule has 1 fully saturated rings. The van der Waals surface area contributed by atoms with Crippen LogP contribution in [0.15, 0.2) is 0 Å². The van der Waals surface area contributed by atoms with Crippen LogP contribution in [0.25, 0.3) is 0 Å². The Hall–Kier alpha value is -0.570. The van der Waals surface area contributed by atoms with Crippen molar-refractivity contribution in [1.29, 1.82) is 0 Å². The number of hydrogen-bond donors (Lipinski definition) is 0. The molecule has 12 heavy (non-hydrogen) atoms. The van der Waals surface area contributed by atoms with E-state index in [4.69, 9.17) is 4.74 Å². The van der Waals surface area contributed by atoms with Gasteiger partial charge in [-0.1, -0.05) is 13.8 Å². The van der Waals surface area contributed by atoms with E-state index in [0.29, 0.717) is 0 Å². The number of epoxide rings is 1. The molecule has 1 atom stereocenters. The maximum absolute atomic E-state index is 11.3. The van der Waals surface area contributed by atoms with E-state index in [2.05, 4.69) is 4.74 Å². The summed E-state index contributed by atoms with van der Waals surface area (Å²) in [5.74, 6) is -0.258. The van der Waals surface area contributed by atoms with Gasteiger partial charge in [-0.25, -0.2) is 4.79 Å².